The molecule has 1 amide bonds. The van der Waals surface area contributed by atoms with Crippen molar-refractivity contribution in [1.29, 1.82) is 0 Å². The van der Waals surface area contributed by atoms with Gasteiger partial charge in [-0.05, 0) is 29.2 Å². The van der Waals surface area contributed by atoms with Crippen LogP contribution in [-0.2, 0) is 9.59 Å². The van der Waals surface area contributed by atoms with Crippen LogP contribution >= 0.6 is 23.5 Å². The number of carbonyl (C=O) groups excluding carboxylic acids is 1. The molecule has 0 radical (unpaired) electrons. The lowest BCUT2D eigenvalue weighted by Crippen LogP contribution is -2.68. The van der Waals surface area contributed by atoms with Crippen molar-refractivity contribution in [3.63, 3.8) is 0 Å². The highest BCUT2D eigenvalue weighted by Crippen LogP contribution is 2.40. The molecule has 0 spiro atoms. The summed E-state index contributed by atoms with van der Waals surface area (Å²) < 4.78 is 0. The van der Waals surface area contributed by atoms with Gasteiger partial charge < -0.3 is 15.7 Å². The molecule has 0 saturated carbocycles. The number of carboxylic acid groups (broad SMARTS) is 1. The lowest BCUT2D eigenvalue weighted by atomic mass is 10.0. The highest BCUT2D eigenvalue weighted by Gasteiger charge is 2.51. The van der Waals surface area contributed by atoms with Gasteiger partial charge in [0.05, 0.1) is 5.03 Å². The monoisotopic (exact) mass is 391 g/mol. The molecule has 0 aliphatic carbocycles. The zero-order valence-electron chi connectivity index (χ0n) is 13.8. The Labute approximate surface area is 158 Å². The summed E-state index contributed by atoms with van der Waals surface area (Å²) in [5.41, 5.74) is 9.65. The second-order valence-corrected chi connectivity index (χ2v) is 8.03. The van der Waals surface area contributed by atoms with Crippen molar-refractivity contribution in [2.24, 2.45) is 5.73 Å². The number of hydrazine groups is 1. The number of hydrogen-bond acceptors (Lipinski definition) is 8. The fraction of sp³-hybridized carbons (Fsp3) is 0.250. The Morgan fingerprint density at radius 3 is 3.04 bits per heavy atom. The highest BCUT2D eigenvalue weighted by atomic mass is 32.2. The SMILES string of the molecule is CN1C=CN2NC(S/C=C\C3=C(C(=O)O)N4C(=O)[C@@H](N)[C@@H]4SC3)=CC=C12. The molecule has 136 valence electrons. The zero-order valence-corrected chi connectivity index (χ0v) is 15.5. The van der Waals surface area contributed by atoms with Crippen molar-refractivity contribution >= 4 is 35.4 Å². The molecule has 0 aromatic rings. The average molecular weight is 391 g/mol. The molecule has 4 N–H and O–H groups in total. The summed E-state index contributed by atoms with van der Waals surface area (Å²) in [5.74, 6) is 0.0961. The van der Waals surface area contributed by atoms with Crippen molar-refractivity contribution in [3.8, 4) is 0 Å². The number of β-lactam (4-membered cyclic amide) rings is 1. The van der Waals surface area contributed by atoms with Gasteiger partial charge in [-0.3, -0.25) is 15.1 Å². The van der Waals surface area contributed by atoms with E-state index in [4.69, 9.17) is 5.73 Å². The van der Waals surface area contributed by atoms with Gasteiger partial charge >= 0.3 is 5.97 Å². The second kappa shape index (κ2) is 6.45. The third kappa shape index (κ3) is 2.70. The molecule has 2 atom stereocenters. The molecule has 4 aliphatic heterocycles. The van der Waals surface area contributed by atoms with E-state index in [1.54, 1.807) is 6.08 Å². The van der Waals surface area contributed by atoms with Crippen LogP contribution in [-0.4, -0.2) is 56.0 Å². The topological polar surface area (TPSA) is 102 Å². The zero-order chi connectivity index (χ0) is 18.4. The van der Waals surface area contributed by atoms with Crippen LogP contribution in [0.2, 0.25) is 0 Å². The molecule has 4 heterocycles. The van der Waals surface area contributed by atoms with E-state index in [-0.39, 0.29) is 17.0 Å². The number of nitrogens with two attached hydrogens (primary N) is 1. The molecule has 0 aromatic carbocycles. The Bertz CT molecular complexity index is 832. The molecular formula is C16H17N5O3S2. The van der Waals surface area contributed by atoms with Gasteiger partial charge in [0.15, 0.2) is 0 Å². The molecular weight excluding hydrogens is 374 g/mol. The van der Waals surface area contributed by atoms with Crippen LogP contribution in [0.15, 0.2) is 58.2 Å². The molecule has 0 unspecified atom stereocenters. The molecule has 0 aromatic heterocycles. The summed E-state index contributed by atoms with van der Waals surface area (Å²) in [4.78, 5) is 26.9. The summed E-state index contributed by atoms with van der Waals surface area (Å²) in [6.45, 7) is 0. The quantitative estimate of drug-likeness (QED) is 0.599. The third-order valence-electron chi connectivity index (χ3n) is 4.37. The molecule has 26 heavy (non-hydrogen) atoms. The van der Waals surface area contributed by atoms with Gasteiger partial charge in [0.2, 0.25) is 5.91 Å². The maximum atomic E-state index is 11.9. The molecule has 1 fully saturated rings. The summed E-state index contributed by atoms with van der Waals surface area (Å²) in [7, 11) is 1.97. The summed E-state index contributed by atoms with van der Waals surface area (Å²) in [6.07, 6.45) is 9.58. The van der Waals surface area contributed by atoms with Crippen LogP contribution in [0.4, 0.5) is 0 Å². The van der Waals surface area contributed by atoms with Gasteiger partial charge in [-0.1, -0.05) is 11.8 Å². The Morgan fingerprint density at radius 1 is 1.46 bits per heavy atom. The highest BCUT2D eigenvalue weighted by molar-refractivity contribution is 8.05. The fourth-order valence-electron chi connectivity index (χ4n) is 3.01. The van der Waals surface area contributed by atoms with E-state index in [0.29, 0.717) is 11.3 Å². The van der Waals surface area contributed by atoms with E-state index in [0.717, 1.165) is 10.9 Å². The Kier molecular flexibility index (Phi) is 4.25. The lowest BCUT2D eigenvalue weighted by molar-refractivity contribution is -0.147. The van der Waals surface area contributed by atoms with Crippen LogP contribution in [0.25, 0.3) is 0 Å². The number of rotatable bonds is 4. The number of aliphatic carboxylic acids is 1. The van der Waals surface area contributed by atoms with Gasteiger partial charge in [0, 0.05) is 25.2 Å². The van der Waals surface area contributed by atoms with E-state index in [2.05, 4.69) is 5.43 Å². The van der Waals surface area contributed by atoms with Crippen molar-refractivity contribution in [1.82, 2.24) is 20.2 Å². The first kappa shape index (κ1) is 17.1. The van der Waals surface area contributed by atoms with E-state index < -0.39 is 12.0 Å². The first-order valence-electron chi connectivity index (χ1n) is 7.86. The largest absolute Gasteiger partial charge is 0.477 e. The van der Waals surface area contributed by atoms with Crippen molar-refractivity contribution < 1.29 is 14.7 Å². The summed E-state index contributed by atoms with van der Waals surface area (Å²) >= 11 is 2.93. The van der Waals surface area contributed by atoms with Crippen LogP contribution in [0, 0.1) is 0 Å². The Morgan fingerprint density at radius 2 is 2.27 bits per heavy atom. The number of amides is 1. The maximum Gasteiger partial charge on any atom is 0.352 e. The maximum absolute atomic E-state index is 11.9. The van der Waals surface area contributed by atoms with E-state index in [1.165, 1.54) is 28.4 Å². The number of hydrogen-bond donors (Lipinski definition) is 3. The lowest BCUT2D eigenvalue weighted by Gasteiger charge is -2.47. The van der Waals surface area contributed by atoms with Crippen molar-refractivity contribution in [2.75, 3.05) is 12.8 Å². The number of carbonyl (C=O) groups is 2. The molecule has 8 nitrogen and oxygen atoms in total. The molecule has 4 aliphatic rings. The second-order valence-electron chi connectivity index (χ2n) is 5.98. The molecule has 4 rings (SSSR count). The smallest absolute Gasteiger partial charge is 0.352 e. The standard InChI is InChI=1S/C16H17N5O3S2/c1-19-5-6-20-11(19)3-2-10(18-20)25-7-4-9-8-26-15-12(17)14(22)21(15)13(9)16(23)24/h2-7,12,15,18H,8,17H2,1H3,(H,23,24)/b7-4-/t12-,15+/m1/s1. The van der Waals surface area contributed by atoms with E-state index in [9.17, 15) is 14.7 Å². The number of thioether (sulfide) groups is 2. The minimum atomic E-state index is -1.10. The van der Waals surface area contributed by atoms with E-state index >= 15 is 0 Å². The number of nitrogens with one attached hydrogen (secondary N) is 1. The Hall–Kier alpha value is -2.30. The molecule has 1 saturated heterocycles. The summed E-state index contributed by atoms with van der Waals surface area (Å²) in [5, 5.41) is 13.9. The first-order valence-corrected chi connectivity index (χ1v) is 9.79. The van der Waals surface area contributed by atoms with Gasteiger partial charge in [-0.15, -0.1) is 11.8 Å². The number of fused-ring (bicyclic) bond motifs is 2. The number of carboxylic acids is 1. The predicted octanol–water partition coefficient (Wildman–Crippen LogP) is 0.734. The minimum Gasteiger partial charge on any atom is -0.477 e. The molecule has 0 bridgehead atoms. The van der Waals surface area contributed by atoms with Crippen molar-refractivity contribution in [3.05, 3.63) is 58.2 Å². The van der Waals surface area contributed by atoms with E-state index in [1.807, 2.05) is 46.9 Å². The first-order chi connectivity index (χ1) is 12.5. The Balaban J connectivity index is 1.49. The molecule has 10 heteroatoms. The fourth-order valence-corrected chi connectivity index (χ4v) is 4.95. The van der Waals surface area contributed by atoms with Gasteiger partial charge in [0.25, 0.3) is 0 Å². The van der Waals surface area contributed by atoms with Gasteiger partial charge in [0.1, 0.15) is 22.9 Å². The number of nitrogens with zero attached hydrogens (tertiary/aromatic N) is 3. The van der Waals surface area contributed by atoms with Crippen LogP contribution in [0.5, 0.6) is 0 Å². The summed E-state index contributed by atoms with van der Waals surface area (Å²) in [6, 6.07) is -0.613. The number of allylic oxidation sites excluding steroid dienone is 3. The van der Waals surface area contributed by atoms with Crippen molar-refractivity contribution in [2.45, 2.75) is 11.4 Å². The predicted molar refractivity (Wildman–Crippen MR) is 101 cm³/mol. The van der Waals surface area contributed by atoms with Crippen LogP contribution in [0.3, 0.4) is 0 Å². The van der Waals surface area contributed by atoms with Crippen LogP contribution < -0.4 is 11.2 Å². The average Bonchev–Trinajstić information content (AvgIpc) is 3.00. The van der Waals surface area contributed by atoms with Gasteiger partial charge in [-0.2, -0.15) is 0 Å². The van der Waals surface area contributed by atoms with Gasteiger partial charge in [-0.25, -0.2) is 9.80 Å². The minimum absolute atomic E-state index is 0.0363. The third-order valence-corrected chi connectivity index (χ3v) is 6.44. The normalized spacial score (nSPS) is 27.2. The van der Waals surface area contributed by atoms with Crippen LogP contribution in [0.1, 0.15) is 0 Å².